The Morgan fingerprint density at radius 1 is 1.14 bits per heavy atom. The second-order valence-corrected chi connectivity index (χ2v) is 11.6. The number of likely N-dealkylation sites (tertiary alicyclic amines) is 1. The molecule has 3 aliphatic rings. The highest BCUT2D eigenvalue weighted by atomic mass is 35.5. The predicted octanol–water partition coefficient (Wildman–Crippen LogP) is 5.72. The Bertz CT molecular complexity index is 1510. The summed E-state index contributed by atoms with van der Waals surface area (Å²) < 4.78 is 24.9. The van der Waals surface area contributed by atoms with E-state index < -0.39 is 5.82 Å². The number of aromatic nitrogens is 2. The minimum absolute atomic E-state index is 0.00301. The highest BCUT2D eigenvalue weighted by Crippen LogP contribution is 2.36. The molecule has 3 fully saturated rings. The highest BCUT2D eigenvalue weighted by Gasteiger charge is 2.35. The molecule has 1 aromatic heterocycles. The molecule has 2 saturated heterocycles. The molecule has 2 aliphatic heterocycles. The Hall–Kier alpha value is -3.76. The number of benzene rings is 2. The van der Waals surface area contributed by atoms with Crippen LogP contribution in [0.2, 0.25) is 5.02 Å². The van der Waals surface area contributed by atoms with Crippen LogP contribution in [0.4, 0.5) is 21.6 Å². The number of ether oxygens (including phenoxy) is 2. The summed E-state index contributed by atoms with van der Waals surface area (Å²) in [5.74, 6) is 1.15. The van der Waals surface area contributed by atoms with Crippen molar-refractivity contribution in [2.75, 3.05) is 43.5 Å². The van der Waals surface area contributed by atoms with Gasteiger partial charge in [-0.1, -0.05) is 17.7 Å². The third-order valence-electron chi connectivity index (χ3n) is 8.16. The monoisotopic (exact) mass is 593 g/mol. The van der Waals surface area contributed by atoms with Gasteiger partial charge in [-0.25, -0.2) is 14.4 Å². The van der Waals surface area contributed by atoms with Gasteiger partial charge in [0.1, 0.15) is 23.7 Å². The van der Waals surface area contributed by atoms with Gasteiger partial charge >= 0.3 is 5.97 Å². The van der Waals surface area contributed by atoms with Crippen LogP contribution in [-0.2, 0) is 14.3 Å². The van der Waals surface area contributed by atoms with Crippen LogP contribution in [0.25, 0.3) is 10.9 Å². The SMILES string of the molecule is O=C(C=CCN1CCC(C2CCOC2=O)CC1)Nc1cc2c(Nc3ccc(F)c(Cl)c3)ncnc2cc1OCC1CC1. The largest absolute Gasteiger partial charge is 0.491 e. The van der Waals surface area contributed by atoms with E-state index in [4.69, 9.17) is 21.1 Å². The summed E-state index contributed by atoms with van der Waals surface area (Å²) >= 11 is 5.96. The topological polar surface area (TPSA) is 106 Å². The molecular formula is C31H33ClFN5O4. The molecule has 3 aromatic rings. The summed E-state index contributed by atoms with van der Waals surface area (Å²) in [6.07, 6.45) is 9.85. The number of amides is 1. The van der Waals surface area contributed by atoms with E-state index in [1.165, 1.54) is 24.5 Å². The number of carbonyl (C=O) groups excluding carboxylic acids is 2. The van der Waals surface area contributed by atoms with Crippen molar-refractivity contribution in [3.63, 3.8) is 0 Å². The van der Waals surface area contributed by atoms with E-state index >= 15 is 0 Å². The molecule has 11 heteroatoms. The number of fused-ring (bicyclic) bond motifs is 1. The number of halogens is 2. The zero-order valence-corrected chi connectivity index (χ0v) is 23.9. The molecule has 1 amide bonds. The van der Waals surface area contributed by atoms with Crippen LogP contribution in [0, 0.1) is 23.6 Å². The smallest absolute Gasteiger partial charge is 0.309 e. The number of hydrogen-bond donors (Lipinski definition) is 2. The molecule has 1 saturated carbocycles. The van der Waals surface area contributed by atoms with E-state index in [-0.39, 0.29) is 22.8 Å². The van der Waals surface area contributed by atoms with Gasteiger partial charge in [0.15, 0.2) is 0 Å². The molecule has 0 radical (unpaired) electrons. The maximum atomic E-state index is 13.7. The van der Waals surface area contributed by atoms with Crippen molar-refractivity contribution in [2.45, 2.75) is 32.1 Å². The van der Waals surface area contributed by atoms with Crippen LogP contribution in [0.3, 0.4) is 0 Å². The van der Waals surface area contributed by atoms with Crippen LogP contribution >= 0.6 is 11.6 Å². The van der Waals surface area contributed by atoms with Gasteiger partial charge in [-0.2, -0.15) is 0 Å². The molecule has 9 nitrogen and oxygen atoms in total. The number of esters is 1. The van der Waals surface area contributed by atoms with Gasteiger partial charge in [-0.3, -0.25) is 14.5 Å². The average Bonchev–Trinajstić information content (AvgIpc) is 3.72. The van der Waals surface area contributed by atoms with Crippen LogP contribution < -0.4 is 15.4 Å². The molecule has 0 spiro atoms. The summed E-state index contributed by atoms with van der Waals surface area (Å²) in [6.45, 7) is 3.54. The Balaban J connectivity index is 1.13. The van der Waals surface area contributed by atoms with Gasteiger partial charge in [0.05, 0.1) is 35.4 Å². The van der Waals surface area contributed by atoms with Crippen molar-refractivity contribution in [1.82, 2.24) is 14.9 Å². The molecule has 220 valence electrons. The maximum absolute atomic E-state index is 13.7. The molecule has 1 aliphatic carbocycles. The summed E-state index contributed by atoms with van der Waals surface area (Å²) in [7, 11) is 0. The lowest BCUT2D eigenvalue weighted by Gasteiger charge is -2.32. The first kappa shape index (κ1) is 28.4. The van der Waals surface area contributed by atoms with Crippen molar-refractivity contribution in [2.24, 2.45) is 17.8 Å². The number of carbonyl (C=O) groups is 2. The second kappa shape index (κ2) is 12.6. The van der Waals surface area contributed by atoms with Crippen molar-refractivity contribution in [1.29, 1.82) is 0 Å². The summed E-state index contributed by atoms with van der Waals surface area (Å²) in [5.41, 5.74) is 1.71. The number of anilines is 3. The number of hydrogen-bond acceptors (Lipinski definition) is 8. The van der Waals surface area contributed by atoms with Crippen molar-refractivity contribution in [3.8, 4) is 5.75 Å². The van der Waals surface area contributed by atoms with E-state index in [9.17, 15) is 14.0 Å². The van der Waals surface area contributed by atoms with E-state index in [2.05, 4.69) is 25.5 Å². The quantitative estimate of drug-likeness (QED) is 0.227. The molecule has 1 unspecified atom stereocenters. The van der Waals surface area contributed by atoms with Crippen molar-refractivity contribution >= 4 is 51.6 Å². The van der Waals surface area contributed by atoms with Gasteiger partial charge in [-0.15, -0.1) is 0 Å². The van der Waals surface area contributed by atoms with Gasteiger partial charge in [0.2, 0.25) is 5.91 Å². The van der Waals surface area contributed by atoms with E-state index in [0.717, 1.165) is 45.2 Å². The zero-order chi connectivity index (χ0) is 29.1. The number of nitrogens with zero attached hydrogens (tertiary/aromatic N) is 3. The minimum atomic E-state index is -0.509. The fraction of sp³-hybridized carbons (Fsp3) is 0.419. The number of rotatable bonds is 10. The summed E-state index contributed by atoms with van der Waals surface area (Å²) in [5, 5.41) is 6.79. The zero-order valence-electron chi connectivity index (χ0n) is 23.2. The first-order valence-corrected chi connectivity index (χ1v) is 14.8. The molecule has 42 heavy (non-hydrogen) atoms. The van der Waals surface area contributed by atoms with Gasteiger partial charge < -0.3 is 20.1 Å². The molecule has 3 heterocycles. The van der Waals surface area contributed by atoms with E-state index in [0.29, 0.717) is 65.4 Å². The number of cyclic esters (lactones) is 1. The molecule has 0 bridgehead atoms. The Morgan fingerprint density at radius 3 is 2.71 bits per heavy atom. The maximum Gasteiger partial charge on any atom is 0.309 e. The lowest BCUT2D eigenvalue weighted by atomic mass is 9.83. The fourth-order valence-corrected chi connectivity index (χ4v) is 5.74. The van der Waals surface area contributed by atoms with Crippen molar-refractivity contribution < 1.29 is 23.5 Å². The third-order valence-corrected chi connectivity index (χ3v) is 8.45. The minimum Gasteiger partial charge on any atom is -0.491 e. The lowest BCUT2D eigenvalue weighted by Crippen LogP contribution is -2.37. The van der Waals surface area contributed by atoms with Gasteiger partial charge in [-0.05, 0) is 81.3 Å². The molecule has 2 aromatic carbocycles. The van der Waals surface area contributed by atoms with E-state index in [1.54, 1.807) is 18.2 Å². The van der Waals surface area contributed by atoms with Crippen LogP contribution in [0.5, 0.6) is 5.75 Å². The third kappa shape index (κ3) is 6.82. The fourth-order valence-electron chi connectivity index (χ4n) is 5.56. The molecule has 1 atom stereocenters. The van der Waals surface area contributed by atoms with Gasteiger partial charge in [0, 0.05) is 29.8 Å². The first-order chi connectivity index (χ1) is 20.4. The van der Waals surface area contributed by atoms with Crippen LogP contribution in [0.1, 0.15) is 32.1 Å². The Kier molecular flexibility index (Phi) is 8.53. The molecule has 2 N–H and O–H groups in total. The normalized spacial score (nSPS) is 19.8. The Labute approximate surface area is 248 Å². The Morgan fingerprint density at radius 2 is 1.98 bits per heavy atom. The van der Waals surface area contributed by atoms with Crippen molar-refractivity contribution in [3.05, 3.63) is 59.7 Å². The number of nitrogens with one attached hydrogen (secondary N) is 2. The first-order valence-electron chi connectivity index (χ1n) is 14.4. The number of piperidine rings is 1. The van der Waals surface area contributed by atoms with Crippen LogP contribution in [0.15, 0.2) is 48.8 Å². The summed E-state index contributed by atoms with van der Waals surface area (Å²) in [6, 6.07) is 7.92. The lowest BCUT2D eigenvalue weighted by molar-refractivity contribution is -0.143. The highest BCUT2D eigenvalue weighted by molar-refractivity contribution is 6.31. The predicted molar refractivity (Wildman–Crippen MR) is 158 cm³/mol. The molecular weight excluding hydrogens is 561 g/mol. The van der Waals surface area contributed by atoms with Gasteiger partial charge in [0.25, 0.3) is 0 Å². The second-order valence-electron chi connectivity index (χ2n) is 11.2. The summed E-state index contributed by atoms with van der Waals surface area (Å²) in [4.78, 5) is 36.0. The molecule has 6 rings (SSSR count). The van der Waals surface area contributed by atoms with E-state index in [1.807, 2.05) is 6.08 Å². The standard InChI is InChI=1S/C31H33ClFN5O4/c32-24-14-21(5-6-25(24)33)36-30-23-15-27(28(42-17-19-3-4-19)16-26(23)34-18-35-30)37-29(39)2-1-10-38-11-7-20(8-12-38)22-9-13-41-31(22)40/h1-2,5-6,14-16,18-20,22H,3-4,7-13,17H2,(H,37,39)(H,34,35,36). The average molecular weight is 594 g/mol. The van der Waals surface area contributed by atoms with Crippen LogP contribution in [-0.4, -0.2) is 59.6 Å².